The Bertz CT molecular complexity index is 1330. The molecule has 1 aliphatic rings. The van der Waals surface area contributed by atoms with E-state index < -0.39 is 24.0 Å². The molecule has 10 nitrogen and oxygen atoms in total. The Morgan fingerprint density at radius 2 is 2.05 bits per heavy atom. The number of alkyl halides is 1. The largest absolute Gasteiger partial charge is 0.486 e. The lowest BCUT2D eigenvalue weighted by Crippen LogP contribution is -2.50. The maximum absolute atomic E-state index is 14.9. The van der Waals surface area contributed by atoms with E-state index in [-0.39, 0.29) is 24.3 Å². The number of likely N-dealkylation sites (tertiary alicyclic amines) is 1. The Hall–Kier alpha value is -3.85. The maximum atomic E-state index is 14.9. The average Bonchev–Trinajstić information content (AvgIpc) is 3.15. The third-order valence-corrected chi connectivity index (χ3v) is 6.46. The number of hydrogen-bond acceptors (Lipinski definition) is 10. The number of nitriles is 1. The molecule has 12 heteroatoms. The van der Waals surface area contributed by atoms with Gasteiger partial charge < -0.3 is 19.7 Å². The Morgan fingerprint density at radius 1 is 1.27 bits per heavy atom. The summed E-state index contributed by atoms with van der Waals surface area (Å²) in [7, 11) is 0. The molecular formula is C25H28FN7O3S. The second-order valence-electron chi connectivity index (χ2n) is 9.62. The summed E-state index contributed by atoms with van der Waals surface area (Å²) >= 11 is 1.50. The van der Waals surface area contributed by atoms with Crippen molar-refractivity contribution in [3.05, 3.63) is 40.8 Å². The predicted molar refractivity (Wildman–Crippen MR) is 137 cm³/mol. The molecule has 37 heavy (non-hydrogen) atoms. The summed E-state index contributed by atoms with van der Waals surface area (Å²) in [5.41, 5.74) is 1.00. The molecule has 2 atom stereocenters. The molecule has 0 aliphatic carbocycles. The number of aryl methyl sites for hydroxylation is 2. The van der Waals surface area contributed by atoms with E-state index in [4.69, 9.17) is 9.47 Å². The van der Waals surface area contributed by atoms with Crippen molar-refractivity contribution in [2.24, 2.45) is 0 Å². The lowest BCUT2D eigenvalue weighted by Gasteiger charge is -2.35. The van der Waals surface area contributed by atoms with Crippen LogP contribution in [0.4, 0.5) is 20.1 Å². The van der Waals surface area contributed by atoms with Gasteiger partial charge in [-0.15, -0.1) is 11.3 Å². The highest BCUT2D eigenvalue weighted by Crippen LogP contribution is 2.30. The third-order valence-electron chi connectivity index (χ3n) is 5.47. The number of piperidine rings is 1. The second kappa shape index (κ2) is 10.6. The Kier molecular flexibility index (Phi) is 7.54. The van der Waals surface area contributed by atoms with E-state index in [1.165, 1.54) is 22.6 Å². The fourth-order valence-corrected chi connectivity index (χ4v) is 4.59. The zero-order valence-electron chi connectivity index (χ0n) is 21.3. The normalized spacial score (nSPS) is 17.7. The predicted octanol–water partition coefficient (Wildman–Crippen LogP) is 4.95. The van der Waals surface area contributed by atoms with Crippen LogP contribution in [0.3, 0.4) is 0 Å². The molecule has 0 saturated carbocycles. The van der Waals surface area contributed by atoms with Crippen LogP contribution >= 0.6 is 11.3 Å². The van der Waals surface area contributed by atoms with E-state index in [0.717, 1.165) is 15.7 Å². The van der Waals surface area contributed by atoms with Crippen LogP contribution in [0.5, 0.6) is 5.75 Å². The molecule has 2 aromatic heterocycles. The second-order valence-corrected chi connectivity index (χ2v) is 10.8. The van der Waals surface area contributed by atoms with E-state index in [1.54, 1.807) is 39.0 Å². The lowest BCUT2D eigenvalue weighted by atomic mass is 10.1. The molecule has 4 rings (SSSR count). The van der Waals surface area contributed by atoms with E-state index in [9.17, 15) is 14.4 Å². The van der Waals surface area contributed by atoms with Crippen molar-refractivity contribution in [2.75, 3.05) is 18.4 Å². The zero-order valence-corrected chi connectivity index (χ0v) is 22.1. The number of halogens is 1. The summed E-state index contributed by atoms with van der Waals surface area (Å²) in [6.45, 7) is 9.26. The van der Waals surface area contributed by atoms with Crippen LogP contribution in [0.25, 0.3) is 11.4 Å². The number of aromatic nitrogens is 4. The van der Waals surface area contributed by atoms with Gasteiger partial charge in [-0.05, 0) is 52.8 Å². The van der Waals surface area contributed by atoms with Gasteiger partial charge in [0.15, 0.2) is 12.0 Å². The van der Waals surface area contributed by atoms with Crippen LogP contribution < -0.4 is 10.1 Å². The minimum atomic E-state index is -1.43. The fraction of sp³-hybridized carbons (Fsp3) is 0.440. The number of carbonyl (C=O) groups excluding carboxylic acids is 1. The Labute approximate surface area is 218 Å². The number of nitrogens with one attached hydrogen (secondary N) is 1. The number of amides is 1. The van der Waals surface area contributed by atoms with Crippen molar-refractivity contribution >= 4 is 28.4 Å². The first-order valence-corrected chi connectivity index (χ1v) is 12.6. The first kappa shape index (κ1) is 26.2. The van der Waals surface area contributed by atoms with Crippen LogP contribution in [0.15, 0.2) is 24.5 Å². The highest BCUT2D eigenvalue weighted by atomic mass is 32.1. The van der Waals surface area contributed by atoms with Gasteiger partial charge in [-0.1, -0.05) is 0 Å². The monoisotopic (exact) mass is 525 g/mol. The maximum Gasteiger partial charge on any atom is 0.410 e. The molecule has 1 saturated heterocycles. The SMILES string of the molecule is Cc1nc(C)c(Nc2ncnc(-c3ccc(OC4CCN(C(=O)OC(C)(C)C)CC4F)c(C#N)c3)n2)s1. The molecule has 1 N–H and O–H groups in total. The molecule has 0 spiro atoms. The highest BCUT2D eigenvalue weighted by molar-refractivity contribution is 7.15. The molecule has 1 fully saturated rings. The van der Waals surface area contributed by atoms with E-state index in [0.29, 0.717) is 23.9 Å². The number of nitrogens with zero attached hydrogens (tertiary/aromatic N) is 6. The van der Waals surface area contributed by atoms with Crippen LogP contribution in [0.1, 0.15) is 43.5 Å². The smallest absolute Gasteiger partial charge is 0.410 e. The van der Waals surface area contributed by atoms with E-state index in [2.05, 4.69) is 31.3 Å². The van der Waals surface area contributed by atoms with Gasteiger partial charge in [-0.25, -0.2) is 24.1 Å². The molecule has 3 aromatic rings. The fourth-order valence-electron chi connectivity index (χ4n) is 3.78. The zero-order chi connectivity index (χ0) is 26.7. The molecule has 1 amide bonds. The van der Waals surface area contributed by atoms with Crippen molar-refractivity contribution in [3.8, 4) is 23.2 Å². The summed E-state index contributed by atoms with van der Waals surface area (Å²) in [6, 6.07) is 7.01. The average molecular weight is 526 g/mol. The van der Waals surface area contributed by atoms with Crippen LogP contribution in [-0.2, 0) is 4.74 Å². The molecule has 1 aliphatic heterocycles. The number of anilines is 2. The van der Waals surface area contributed by atoms with Gasteiger partial charge in [-0.2, -0.15) is 10.2 Å². The summed E-state index contributed by atoms with van der Waals surface area (Å²) in [5.74, 6) is 0.980. The van der Waals surface area contributed by atoms with Gasteiger partial charge in [0.1, 0.15) is 34.9 Å². The van der Waals surface area contributed by atoms with Crippen molar-refractivity contribution < 1.29 is 18.7 Å². The van der Waals surface area contributed by atoms with Crippen LogP contribution in [-0.4, -0.2) is 61.9 Å². The summed E-state index contributed by atoms with van der Waals surface area (Å²) in [5, 5.41) is 14.6. The molecule has 3 heterocycles. The Morgan fingerprint density at radius 3 is 2.70 bits per heavy atom. The van der Waals surface area contributed by atoms with Gasteiger partial charge >= 0.3 is 6.09 Å². The van der Waals surface area contributed by atoms with Crippen LogP contribution in [0.2, 0.25) is 0 Å². The first-order chi connectivity index (χ1) is 17.5. The van der Waals surface area contributed by atoms with Gasteiger partial charge in [0.05, 0.1) is 22.8 Å². The summed E-state index contributed by atoms with van der Waals surface area (Å²) in [4.78, 5) is 30.8. The number of ether oxygens (including phenoxy) is 2. The molecule has 194 valence electrons. The van der Waals surface area contributed by atoms with Gasteiger partial charge in [0.25, 0.3) is 0 Å². The molecular weight excluding hydrogens is 497 g/mol. The summed E-state index contributed by atoms with van der Waals surface area (Å²) < 4.78 is 26.1. The number of rotatable bonds is 5. The van der Waals surface area contributed by atoms with Gasteiger partial charge in [0, 0.05) is 18.5 Å². The Balaban J connectivity index is 1.45. The standard InChI is InChI=1S/C25H28FN7O3S/c1-14-22(37-15(2)30-14)32-23-29-13-28-21(31-23)16-6-7-19(17(10-16)11-27)35-20-8-9-33(12-18(20)26)24(34)36-25(3,4)5/h6-7,10,13,18,20H,8-9,12H2,1-5H3,(H,28,29,31,32). The first-order valence-electron chi connectivity index (χ1n) is 11.8. The number of thiazole rings is 1. The number of carbonyl (C=O) groups is 1. The van der Waals surface area contributed by atoms with Gasteiger partial charge in [-0.3, -0.25) is 0 Å². The van der Waals surface area contributed by atoms with Crippen molar-refractivity contribution in [1.82, 2.24) is 24.8 Å². The van der Waals surface area contributed by atoms with E-state index in [1.807, 2.05) is 13.8 Å². The minimum absolute atomic E-state index is 0.140. The highest BCUT2D eigenvalue weighted by Gasteiger charge is 2.35. The number of benzene rings is 1. The molecule has 2 unspecified atom stereocenters. The molecule has 0 bridgehead atoms. The molecule has 0 radical (unpaired) electrons. The van der Waals surface area contributed by atoms with Gasteiger partial charge in [0.2, 0.25) is 5.95 Å². The van der Waals surface area contributed by atoms with Crippen LogP contribution in [0, 0.1) is 25.2 Å². The van der Waals surface area contributed by atoms with E-state index >= 15 is 0 Å². The van der Waals surface area contributed by atoms with Crippen molar-refractivity contribution in [1.29, 1.82) is 5.26 Å². The lowest BCUT2D eigenvalue weighted by molar-refractivity contribution is -0.0106. The topological polar surface area (TPSA) is 126 Å². The molecule has 1 aromatic carbocycles. The minimum Gasteiger partial charge on any atom is -0.486 e. The summed E-state index contributed by atoms with van der Waals surface area (Å²) in [6.07, 6.45) is -1.12. The van der Waals surface area contributed by atoms with Crippen molar-refractivity contribution in [2.45, 2.75) is 58.9 Å². The third kappa shape index (κ3) is 6.48. The number of hydrogen-bond donors (Lipinski definition) is 1. The quantitative estimate of drug-likeness (QED) is 0.492. The van der Waals surface area contributed by atoms with Crippen molar-refractivity contribution in [3.63, 3.8) is 0 Å².